The van der Waals surface area contributed by atoms with Crippen LogP contribution >= 0.6 is 31.9 Å². The predicted octanol–water partition coefficient (Wildman–Crippen LogP) is 8.23. The van der Waals surface area contributed by atoms with Crippen molar-refractivity contribution in [3.63, 3.8) is 0 Å². The molecule has 1 unspecified atom stereocenters. The molecule has 1 aliphatic rings. The Kier molecular flexibility index (Phi) is 6.31. The van der Waals surface area contributed by atoms with Gasteiger partial charge >= 0.3 is 23.0 Å². The molecule has 174 valence electrons. The van der Waals surface area contributed by atoms with E-state index in [4.69, 9.17) is 0 Å². The molecular formula is C19H10Br2F9NO. The van der Waals surface area contributed by atoms with Gasteiger partial charge in [0, 0.05) is 22.3 Å². The van der Waals surface area contributed by atoms with Gasteiger partial charge in [-0.25, -0.2) is 4.39 Å². The van der Waals surface area contributed by atoms with Crippen LogP contribution in [0.1, 0.15) is 11.1 Å². The van der Waals surface area contributed by atoms with Gasteiger partial charge in [-0.2, -0.15) is 22.0 Å². The summed E-state index contributed by atoms with van der Waals surface area (Å²) in [6, 6.07) is 6.69. The van der Waals surface area contributed by atoms with Crippen molar-refractivity contribution in [2.24, 2.45) is 0 Å². The summed E-state index contributed by atoms with van der Waals surface area (Å²) >= 11 is 4.19. The van der Waals surface area contributed by atoms with E-state index in [1.54, 1.807) is 30.4 Å². The number of hydrogen-bond donors (Lipinski definition) is 0. The average Bonchev–Trinajstić information content (AvgIpc) is 2.64. The molecule has 0 amide bonds. The third-order valence-electron chi connectivity index (χ3n) is 4.52. The summed E-state index contributed by atoms with van der Waals surface area (Å²) in [5.41, 5.74) is -6.64. The first-order valence-corrected chi connectivity index (χ1v) is 10.1. The van der Waals surface area contributed by atoms with Crippen LogP contribution in [0.15, 0.2) is 46.9 Å². The minimum Gasteiger partial charge on any atom is -0.403 e. The Hall–Kier alpha value is -1.89. The summed E-state index contributed by atoms with van der Waals surface area (Å²) in [5.74, 6) is -1.30. The van der Waals surface area contributed by atoms with Gasteiger partial charge in [-0.15, -0.1) is 13.2 Å². The Balaban J connectivity index is 2.29. The van der Waals surface area contributed by atoms with Gasteiger partial charge in [0.05, 0.1) is 5.69 Å². The van der Waals surface area contributed by atoms with Crippen LogP contribution in [0.25, 0.3) is 6.08 Å². The van der Waals surface area contributed by atoms with Gasteiger partial charge in [0.15, 0.2) is 5.75 Å². The number of rotatable bonds is 4. The summed E-state index contributed by atoms with van der Waals surface area (Å²) in [4.78, 5) is -3.95. The number of para-hydroxylation sites is 1. The van der Waals surface area contributed by atoms with Gasteiger partial charge in [0.2, 0.25) is 0 Å². The zero-order valence-corrected chi connectivity index (χ0v) is 18.5. The topological polar surface area (TPSA) is 12.5 Å². The summed E-state index contributed by atoms with van der Waals surface area (Å²) in [5, 5.41) is 0. The van der Waals surface area contributed by atoms with Crippen molar-refractivity contribution in [3.05, 3.63) is 58.1 Å². The molecule has 0 spiro atoms. The lowest BCUT2D eigenvalue weighted by molar-refractivity contribution is -0.282. The van der Waals surface area contributed by atoms with Crippen LogP contribution in [0.4, 0.5) is 50.9 Å². The number of ether oxygens (including phenoxy) is 1. The number of anilines is 2. The molecule has 1 atom stereocenters. The van der Waals surface area contributed by atoms with Crippen LogP contribution in [0.2, 0.25) is 0 Å². The lowest BCUT2D eigenvalue weighted by atomic mass is 9.94. The summed E-state index contributed by atoms with van der Waals surface area (Å²) in [6.07, 6.45) is -8.37. The van der Waals surface area contributed by atoms with Crippen molar-refractivity contribution in [2.75, 3.05) is 11.4 Å². The van der Waals surface area contributed by atoms with Gasteiger partial charge in [-0.1, -0.05) is 30.4 Å². The Morgan fingerprint density at radius 2 is 1.53 bits per heavy atom. The summed E-state index contributed by atoms with van der Waals surface area (Å²) in [6.45, 7) is -0.0299. The molecule has 0 fully saturated rings. The van der Waals surface area contributed by atoms with Crippen molar-refractivity contribution in [1.29, 1.82) is 0 Å². The molecule has 0 saturated carbocycles. The first kappa shape index (κ1) is 24.7. The van der Waals surface area contributed by atoms with Gasteiger partial charge < -0.3 is 9.64 Å². The quantitative estimate of drug-likeness (QED) is 0.260. The van der Waals surface area contributed by atoms with E-state index in [9.17, 15) is 39.5 Å². The molecule has 0 saturated heterocycles. The number of fused-ring (bicyclic) bond motifs is 1. The van der Waals surface area contributed by atoms with Gasteiger partial charge in [-0.3, -0.25) is 0 Å². The van der Waals surface area contributed by atoms with Crippen LogP contribution < -0.4 is 9.64 Å². The van der Waals surface area contributed by atoms with Crippen molar-refractivity contribution >= 4 is 49.3 Å². The van der Waals surface area contributed by atoms with E-state index in [1.165, 1.54) is 26.9 Å². The number of alkyl halides is 10. The van der Waals surface area contributed by atoms with E-state index < -0.39 is 44.5 Å². The number of hydrogen-bond acceptors (Lipinski definition) is 2. The smallest absolute Gasteiger partial charge is 0.403 e. The third-order valence-corrected chi connectivity index (χ3v) is 5.67. The average molecular weight is 599 g/mol. The predicted molar refractivity (Wildman–Crippen MR) is 106 cm³/mol. The highest BCUT2D eigenvalue weighted by Gasteiger charge is 2.71. The zero-order valence-electron chi connectivity index (χ0n) is 15.3. The van der Waals surface area contributed by atoms with Crippen LogP contribution in [0.5, 0.6) is 5.75 Å². The molecule has 32 heavy (non-hydrogen) atoms. The van der Waals surface area contributed by atoms with Crippen molar-refractivity contribution in [1.82, 2.24) is 0 Å². The lowest BCUT2D eigenvalue weighted by Gasteiger charge is -2.34. The fourth-order valence-corrected chi connectivity index (χ4v) is 4.30. The largest absolute Gasteiger partial charge is 0.573 e. The molecule has 2 aromatic carbocycles. The van der Waals surface area contributed by atoms with E-state index in [2.05, 4.69) is 20.7 Å². The van der Waals surface area contributed by atoms with Crippen LogP contribution in [-0.4, -0.2) is 23.9 Å². The van der Waals surface area contributed by atoms with Crippen LogP contribution in [-0.2, 0) is 5.67 Å². The molecule has 0 bridgehead atoms. The summed E-state index contributed by atoms with van der Waals surface area (Å²) < 4.78 is 125. The fourth-order valence-electron chi connectivity index (χ4n) is 3.19. The molecular weight excluding hydrogens is 589 g/mol. The maximum absolute atomic E-state index is 14.8. The molecule has 0 aliphatic carbocycles. The maximum atomic E-state index is 14.8. The Morgan fingerprint density at radius 3 is 2.09 bits per heavy atom. The minimum atomic E-state index is -6.18. The molecule has 1 heterocycles. The van der Waals surface area contributed by atoms with Crippen molar-refractivity contribution in [3.8, 4) is 5.75 Å². The van der Waals surface area contributed by atoms with Crippen molar-refractivity contribution in [2.45, 2.75) is 23.0 Å². The van der Waals surface area contributed by atoms with Gasteiger partial charge in [-0.05, 0) is 55.6 Å². The molecule has 3 rings (SSSR count). The zero-order chi connectivity index (χ0) is 24.1. The van der Waals surface area contributed by atoms with E-state index in [1.807, 2.05) is 0 Å². The highest BCUT2D eigenvalue weighted by molar-refractivity contribution is 9.10. The number of benzene rings is 2. The second-order valence-electron chi connectivity index (χ2n) is 6.58. The Bertz CT molecular complexity index is 1030. The standard InChI is InChI=1S/C19H10Br2F9NO/c20-12-8-11(16(22,17(21,23)24)18(25,26)27)9-14(32-19(28,29)30)15(12)31-7-3-5-10-4-1-2-6-13(10)31/h1-6,8-9H,7H2. The normalized spacial score (nSPS) is 16.5. The monoisotopic (exact) mass is 597 g/mol. The van der Waals surface area contributed by atoms with E-state index in [0.29, 0.717) is 17.3 Å². The van der Waals surface area contributed by atoms with Gasteiger partial charge in [0.1, 0.15) is 0 Å². The second-order valence-corrected chi connectivity index (χ2v) is 8.43. The number of halogens is 11. The molecule has 2 aromatic rings. The van der Waals surface area contributed by atoms with Crippen LogP contribution in [0, 0.1) is 0 Å². The molecule has 1 aliphatic heterocycles. The van der Waals surface area contributed by atoms with Crippen molar-refractivity contribution < 1.29 is 44.3 Å². The summed E-state index contributed by atoms with van der Waals surface area (Å²) in [7, 11) is 0. The molecule has 0 aromatic heterocycles. The second kappa shape index (κ2) is 8.15. The number of nitrogens with zero attached hydrogens (tertiary/aromatic N) is 1. The Morgan fingerprint density at radius 1 is 0.906 bits per heavy atom. The first-order valence-electron chi connectivity index (χ1n) is 8.51. The molecule has 0 radical (unpaired) electrons. The Labute approximate surface area is 191 Å². The highest BCUT2D eigenvalue weighted by atomic mass is 79.9. The van der Waals surface area contributed by atoms with E-state index in [-0.39, 0.29) is 12.6 Å². The minimum absolute atomic E-state index is 0.0299. The molecule has 0 N–H and O–H groups in total. The molecule has 13 heteroatoms. The van der Waals surface area contributed by atoms with Gasteiger partial charge in [0.25, 0.3) is 0 Å². The fraction of sp³-hybridized carbons (Fsp3) is 0.263. The highest BCUT2D eigenvalue weighted by Crippen LogP contribution is 2.57. The third kappa shape index (κ3) is 4.45. The SMILES string of the molecule is FC(F)(F)Oc1cc(C(F)(C(F)(F)F)C(F)(F)Br)cc(Br)c1N1CC=Cc2ccccc21. The maximum Gasteiger partial charge on any atom is 0.573 e. The van der Waals surface area contributed by atoms with Crippen LogP contribution in [0.3, 0.4) is 0 Å². The van der Waals surface area contributed by atoms with E-state index >= 15 is 0 Å². The molecule has 2 nitrogen and oxygen atoms in total. The first-order chi connectivity index (χ1) is 14.6. The van der Waals surface area contributed by atoms with E-state index in [0.717, 1.165) is 0 Å². The lowest BCUT2D eigenvalue weighted by Crippen LogP contribution is -2.49.